The smallest absolute Gasteiger partial charge is 0.234 e. The largest absolute Gasteiger partial charge is 0.495 e. The number of aryl methyl sites for hydroxylation is 1. The SMILES string of the molecule is COc1ccc(C)cc1NC(=O)CSc1nnc(-c2ccccc2F)n1C. The van der Waals surface area contributed by atoms with Crippen LogP contribution in [0.5, 0.6) is 5.75 Å². The molecule has 6 nitrogen and oxygen atoms in total. The Morgan fingerprint density at radius 2 is 2.04 bits per heavy atom. The van der Waals surface area contributed by atoms with Crippen molar-refractivity contribution in [3.05, 3.63) is 53.8 Å². The van der Waals surface area contributed by atoms with Crippen molar-refractivity contribution in [3.63, 3.8) is 0 Å². The van der Waals surface area contributed by atoms with Gasteiger partial charge >= 0.3 is 0 Å². The van der Waals surface area contributed by atoms with Crippen molar-refractivity contribution >= 4 is 23.4 Å². The molecule has 3 aromatic rings. The van der Waals surface area contributed by atoms with Gasteiger partial charge in [-0.05, 0) is 36.8 Å². The molecule has 0 aliphatic carbocycles. The van der Waals surface area contributed by atoms with Crippen molar-refractivity contribution in [2.24, 2.45) is 7.05 Å². The van der Waals surface area contributed by atoms with Crippen LogP contribution in [0.25, 0.3) is 11.4 Å². The first kappa shape index (κ1) is 18.9. The lowest BCUT2D eigenvalue weighted by Crippen LogP contribution is -2.15. The van der Waals surface area contributed by atoms with Crippen LogP contribution in [0.4, 0.5) is 10.1 Å². The minimum absolute atomic E-state index is 0.139. The molecule has 8 heteroatoms. The lowest BCUT2D eigenvalue weighted by molar-refractivity contribution is -0.113. The van der Waals surface area contributed by atoms with Gasteiger partial charge in [0.05, 0.1) is 24.1 Å². The summed E-state index contributed by atoms with van der Waals surface area (Å²) in [5, 5.41) is 11.5. The molecule has 0 spiro atoms. The Kier molecular flexibility index (Phi) is 5.75. The van der Waals surface area contributed by atoms with Crippen LogP contribution in [-0.2, 0) is 11.8 Å². The number of carbonyl (C=O) groups excluding carboxylic acids is 1. The number of hydrogen-bond donors (Lipinski definition) is 1. The third-order valence-electron chi connectivity index (χ3n) is 3.91. The second-order valence-electron chi connectivity index (χ2n) is 5.89. The van der Waals surface area contributed by atoms with Gasteiger partial charge in [0.1, 0.15) is 11.6 Å². The summed E-state index contributed by atoms with van der Waals surface area (Å²) >= 11 is 1.23. The maximum absolute atomic E-state index is 14.0. The second-order valence-corrected chi connectivity index (χ2v) is 6.83. The molecule has 0 aliphatic rings. The van der Waals surface area contributed by atoms with Crippen LogP contribution in [0.15, 0.2) is 47.6 Å². The van der Waals surface area contributed by atoms with Crippen LogP contribution in [0.2, 0.25) is 0 Å². The van der Waals surface area contributed by atoms with Crippen molar-refractivity contribution in [1.82, 2.24) is 14.8 Å². The van der Waals surface area contributed by atoms with Gasteiger partial charge in [-0.15, -0.1) is 10.2 Å². The van der Waals surface area contributed by atoms with Crippen molar-refractivity contribution in [3.8, 4) is 17.1 Å². The Labute approximate surface area is 160 Å². The van der Waals surface area contributed by atoms with Gasteiger partial charge in [-0.3, -0.25) is 4.79 Å². The Bertz CT molecular complexity index is 974. The highest BCUT2D eigenvalue weighted by Crippen LogP contribution is 2.27. The topological polar surface area (TPSA) is 69.0 Å². The number of nitrogens with one attached hydrogen (secondary N) is 1. The zero-order chi connectivity index (χ0) is 19.4. The van der Waals surface area contributed by atoms with E-state index in [4.69, 9.17) is 4.74 Å². The molecule has 27 heavy (non-hydrogen) atoms. The molecule has 1 N–H and O–H groups in total. The van der Waals surface area contributed by atoms with E-state index in [1.165, 1.54) is 17.8 Å². The van der Waals surface area contributed by atoms with Crippen LogP contribution in [0.1, 0.15) is 5.56 Å². The fourth-order valence-electron chi connectivity index (χ4n) is 2.55. The van der Waals surface area contributed by atoms with Crippen molar-refractivity contribution < 1.29 is 13.9 Å². The van der Waals surface area contributed by atoms with Gasteiger partial charge in [-0.1, -0.05) is 30.0 Å². The van der Waals surface area contributed by atoms with E-state index in [0.29, 0.717) is 28.0 Å². The first-order chi connectivity index (χ1) is 13.0. The predicted molar refractivity (Wildman–Crippen MR) is 103 cm³/mol. The number of carbonyl (C=O) groups is 1. The second kappa shape index (κ2) is 8.22. The van der Waals surface area contributed by atoms with E-state index in [2.05, 4.69) is 15.5 Å². The number of ether oxygens (including phenoxy) is 1. The number of rotatable bonds is 6. The van der Waals surface area contributed by atoms with Crippen LogP contribution >= 0.6 is 11.8 Å². The maximum atomic E-state index is 14.0. The Hall–Kier alpha value is -2.87. The third-order valence-corrected chi connectivity index (χ3v) is 4.93. The van der Waals surface area contributed by atoms with Gasteiger partial charge in [0.15, 0.2) is 11.0 Å². The summed E-state index contributed by atoms with van der Waals surface area (Å²) in [6.07, 6.45) is 0. The highest BCUT2D eigenvalue weighted by molar-refractivity contribution is 7.99. The number of aromatic nitrogens is 3. The molecule has 1 heterocycles. The minimum Gasteiger partial charge on any atom is -0.495 e. The number of benzene rings is 2. The third kappa shape index (κ3) is 4.28. The van der Waals surface area contributed by atoms with Gasteiger partial charge in [-0.2, -0.15) is 0 Å². The van der Waals surface area contributed by atoms with Crippen molar-refractivity contribution in [2.45, 2.75) is 12.1 Å². The minimum atomic E-state index is -0.367. The molecule has 3 rings (SSSR count). The molecule has 1 amide bonds. The number of thioether (sulfide) groups is 1. The van der Waals surface area contributed by atoms with E-state index in [0.717, 1.165) is 5.56 Å². The lowest BCUT2D eigenvalue weighted by Gasteiger charge is -2.11. The number of amides is 1. The molecule has 0 radical (unpaired) electrons. The number of nitrogens with zero attached hydrogens (tertiary/aromatic N) is 3. The summed E-state index contributed by atoms with van der Waals surface area (Å²) < 4.78 is 20.9. The number of halogens is 1. The average molecular weight is 386 g/mol. The summed E-state index contributed by atoms with van der Waals surface area (Å²) in [5.74, 6) is 0.587. The summed E-state index contributed by atoms with van der Waals surface area (Å²) in [6, 6.07) is 11.9. The fraction of sp³-hybridized carbons (Fsp3) is 0.211. The maximum Gasteiger partial charge on any atom is 0.234 e. The van der Waals surface area contributed by atoms with Crippen LogP contribution in [0.3, 0.4) is 0 Å². The molecule has 0 unspecified atom stereocenters. The summed E-state index contributed by atoms with van der Waals surface area (Å²) in [7, 11) is 3.30. The molecular formula is C19H19FN4O2S. The van der Waals surface area contributed by atoms with E-state index in [-0.39, 0.29) is 17.5 Å². The number of hydrogen-bond acceptors (Lipinski definition) is 5. The van der Waals surface area contributed by atoms with Gasteiger partial charge in [0.25, 0.3) is 0 Å². The molecule has 0 bridgehead atoms. The van der Waals surface area contributed by atoms with Gasteiger partial charge in [0.2, 0.25) is 5.91 Å². The zero-order valence-corrected chi connectivity index (χ0v) is 16.0. The molecule has 0 fully saturated rings. The Morgan fingerprint density at radius 1 is 1.26 bits per heavy atom. The average Bonchev–Trinajstić information content (AvgIpc) is 3.01. The van der Waals surface area contributed by atoms with Crippen LogP contribution in [-0.4, -0.2) is 33.5 Å². The molecule has 1 aromatic heterocycles. The summed E-state index contributed by atoms with van der Waals surface area (Å²) in [4.78, 5) is 12.3. The highest BCUT2D eigenvalue weighted by atomic mass is 32.2. The van der Waals surface area contributed by atoms with Gasteiger partial charge < -0.3 is 14.6 Å². The standard InChI is InChI=1S/C19H19FN4O2S/c1-12-8-9-16(26-3)15(10-12)21-17(25)11-27-19-23-22-18(24(19)2)13-6-4-5-7-14(13)20/h4-10H,11H2,1-3H3,(H,21,25). The summed E-state index contributed by atoms with van der Waals surface area (Å²) in [5.41, 5.74) is 2.00. The van der Waals surface area contributed by atoms with E-state index in [1.54, 1.807) is 43.0 Å². The fourth-order valence-corrected chi connectivity index (χ4v) is 3.26. The molecule has 0 aliphatic heterocycles. The van der Waals surface area contributed by atoms with Crippen LogP contribution in [0, 0.1) is 12.7 Å². The van der Waals surface area contributed by atoms with Crippen LogP contribution < -0.4 is 10.1 Å². The quantitative estimate of drug-likeness (QED) is 0.655. The predicted octanol–water partition coefficient (Wildman–Crippen LogP) is 3.67. The number of anilines is 1. The summed E-state index contributed by atoms with van der Waals surface area (Å²) in [6.45, 7) is 1.94. The normalized spacial score (nSPS) is 10.7. The van der Waals surface area contributed by atoms with E-state index >= 15 is 0 Å². The first-order valence-electron chi connectivity index (χ1n) is 8.21. The molecule has 0 saturated heterocycles. The van der Waals surface area contributed by atoms with E-state index in [1.807, 2.05) is 19.1 Å². The molecule has 0 atom stereocenters. The van der Waals surface area contributed by atoms with E-state index < -0.39 is 0 Å². The highest BCUT2D eigenvalue weighted by Gasteiger charge is 2.16. The van der Waals surface area contributed by atoms with Gasteiger partial charge in [0, 0.05) is 7.05 Å². The number of methoxy groups -OCH3 is 1. The van der Waals surface area contributed by atoms with E-state index in [9.17, 15) is 9.18 Å². The molecule has 2 aromatic carbocycles. The molecule has 140 valence electrons. The first-order valence-corrected chi connectivity index (χ1v) is 9.19. The monoisotopic (exact) mass is 386 g/mol. The van der Waals surface area contributed by atoms with Crippen molar-refractivity contribution in [1.29, 1.82) is 0 Å². The van der Waals surface area contributed by atoms with Crippen molar-refractivity contribution in [2.75, 3.05) is 18.2 Å². The zero-order valence-electron chi connectivity index (χ0n) is 15.2. The molecular weight excluding hydrogens is 367 g/mol. The van der Waals surface area contributed by atoms with Gasteiger partial charge in [-0.25, -0.2) is 4.39 Å². The molecule has 0 saturated carbocycles. The Balaban J connectivity index is 1.68. The Morgan fingerprint density at radius 3 is 2.78 bits per heavy atom. The lowest BCUT2D eigenvalue weighted by atomic mass is 10.2.